The molecule has 94 valence electrons. The van der Waals surface area contributed by atoms with Gasteiger partial charge in [0, 0.05) is 25.2 Å². The van der Waals surface area contributed by atoms with Crippen LogP contribution in [0.1, 0.15) is 36.7 Å². The Kier molecular flexibility index (Phi) is 5.20. The SMILES string of the molecule is CC#CCC(CCc1c(C)nn(C)c1C)NN. The molecule has 4 nitrogen and oxygen atoms in total. The van der Waals surface area contributed by atoms with E-state index >= 15 is 0 Å². The van der Waals surface area contributed by atoms with Crippen molar-refractivity contribution in [3.63, 3.8) is 0 Å². The van der Waals surface area contributed by atoms with Crippen LogP contribution in [0.3, 0.4) is 0 Å². The fourth-order valence-electron chi connectivity index (χ4n) is 1.97. The molecule has 1 rings (SSSR count). The molecule has 0 saturated heterocycles. The molecule has 0 radical (unpaired) electrons. The lowest BCUT2D eigenvalue weighted by Gasteiger charge is -2.12. The number of hydrogen-bond acceptors (Lipinski definition) is 3. The Hall–Kier alpha value is -1.31. The van der Waals surface area contributed by atoms with E-state index in [-0.39, 0.29) is 6.04 Å². The molecular weight excluding hydrogens is 212 g/mol. The Bertz CT molecular complexity index is 423. The van der Waals surface area contributed by atoms with Crippen LogP contribution >= 0.6 is 0 Å². The van der Waals surface area contributed by atoms with Gasteiger partial charge in [-0.3, -0.25) is 16.0 Å². The predicted octanol–water partition coefficient (Wildman–Crippen LogP) is 1.21. The molecule has 0 bridgehead atoms. The summed E-state index contributed by atoms with van der Waals surface area (Å²) in [6.45, 7) is 6.01. The molecule has 0 aliphatic heterocycles. The minimum absolute atomic E-state index is 0.251. The third-order valence-corrected chi connectivity index (χ3v) is 3.16. The van der Waals surface area contributed by atoms with Crippen molar-refractivity contribution in [2.45, 2.75) is 46.1 Å². The highest BCUT2D eigenvalue weighted by atomic mass is 15.3. The molecule has 17 heavy (non-hydrogen) atoms. The zero-order valence-electron chi connectivity index (χ0n) is 11.2. The number of hydrogen-bond donors (Lipinski definition) is 2. The Labute approximate surface area is 104 Å². The van der Waals surface area contributed by atoms with Gasteiger partial charge in [0.15, 0.2) is 0 Å². The summed E-state index contributed by atoms with van der Waals surface area (Å²) in [6.07, 6.45) is 2.77. The van der Waals surface area contributed by atoms with Crippen molar-refractivity contribution in [3.05, 3.63) is 17.0 Å². The number of nitrogens with two attached hydrogens (primary N) is 1. The van der Waals surface area contributed by atoms with Crippen LogP contribution < -0.4 is 11.3 Å². The first kappa shape index (κ1) is 13.8. The average Bonchev–Trinajstić information content (AvgIpc) is 2.55. The van der Waals surface area contributed by atoms with Crippen molar-refractivity contribution in [2.24, 2.45) is 12.9 Å². The summed E-state index contributed by atoms with van der Waals surface area (Å²) >= 11 is 0. The number of hydrazine groups is 1. The summed E-state index contributed by atoms with van der Waals surface area (Å²) in [4.78, 5) is 0. The highest BCUT2D eigenvalue weighted by Crippen LogP contribution is 2.15. The van der Waals surface area contributed by atoms with E-state index in [0.29, 0.717) is 0 Å². The average molecular weight is 234 g/mol. The molecule has 1 heterocycles. The topological polar surface area (TPSA) is 55.9 Å². The predicted molar refractivity (Wildman–Crippen MR) is 70.2 cm³/mol. The van der Waals surface area contributed by atoms with Crippen molar-refractivity contribution in [2.75, 3.05) is 0 Å². The van der Waals surface area contributed by atoms with E-state index in [1.165, 1.54) is 11.3 Å². The van der Waals surface area contributed by atoms with Gasteiger partial charge in [0.25, 0.3) is 0 Å². The second-order valence-electron chi connectivity index (χ2n) is 4.31. The van der Waals surface area contributed by atoms with Crippen LogP contribution in [-0.4, -0.2) is 15.8 Å². The van der Waals surface area contributed by atoms with Gasteiger partial charge in [0.2, 0.25) is 0 Å². The molecule has 0 aromatic carbocycles. The Morgan fingerprint density at radius 2 is 2.18 bits per heavy atom. The quantitative estimate of drug-likeness (QED) is 0.457. The van der Waals surface area contributed by atoms with E-state index in [1.54, 1.807) is 0 Å². The van der Waals surface area contributed by atoms with E-state index in [9.17, 15) is 0 Å². The molecule has 0 fully saturated rings. The summed E-state index contributed by atoms with van der Waals surface area (Å²) in [5.74, 6) is 11.5. The van der Waals surface area contributed by atoms with E-state index < -0.39 is 0 Å². The first-order chi connectivity index (χ1) is 8.10. The zero-order chi connectivity index (χ0) is 12.8. The number of aromatic nitrogens is 2. The van der Waals surface area contributed by atoms with Crippen molar-refractivity contribution in [1.29, 1.82) is 0 Å². The van der Waals surface area contributed by atoms with Crippen LogP contribution in [0.2, 0.25) is 0 Å². The molecule has 0 aliphatic carbocycles. The second kappa shape index (κ2) is 6.43. The normalized spacial score (nSPS) is 12.1. The second-order valence-corrected chi connectivity index (χ2v) is 4.31. The number of nitrogens with zero attached hydrogens (tertiary/aromatic N) is 2. The van der Waals surface area contributed by atoms with Crippen LogP contribution in [0.5, 0.6) is 0 Å². The van der Waals surface area contributed by atoms with Gasteiger partial charge in [-0.1, -0.05) is 0 Å². The summed E-state index contributed by atoms with van der Waals surface area (Å²) in [5, 5.41) is 4.41. The zero-order valence-corrected chi connectivity index (χ0v) is 11.2. The lowest BCUT2D eigenvalue weighted by Crippen LogP contribution is -2.35. The van der Waals surface area contributed by atoms with E-state index in [4.69, 9.17) is 5.84 Å². The van der Waals surface area contributed by atoms with Gasteiger partial charge in [0.1, 0.15) is 0 Å². The molecule has 0 amide bonds. The minimum Gasteiger partial charge on any atom is -0.272 e. The minimum atomic E-state index is 0.251. The summed E-state index contributed by atoms with van der Waals surface area (Å²) < 4.78 is 1.93. The molecule has 3 N–H and O–H groups in total. The fourth-order valence-corrected chi connectivity index (χ4v) is 1.97. The maximum absolute atomic E-state index is 5.52. The monoisotopic (exact) mass is 234 g/mol. The van der Waals surface area contributed by atoms with Crippen molar-refractivity contribution in [3.8, 4) is 11.8 Å². The van der Waals surface area contributed by atoms with Gasteiger partial charge in [-0.2, -0.15) is 5.10 Å². The van der Waals surface area contributed by atoms with E-state index in [1.807, 2.05) is 18.7 Å². The first-order valence-electron chi connectivity index (χ1n) is 5.95. The number of nitrogens with one attached hydrogen (secondary N) is 1. The largest absolute Gasteiger partial charge is 0.272 e. The summed E-state index contributed by atoms with van der Waals surface area (Å²) in [7, 11) is 1.98. The van der Waals surface area contributed by atoms with Crippen LogP contribution in [0.4, 0.5) is 0 Å². The van der Waals surface area contributed by atoms with Crippen LogP contribution in [0.15, 0.2) is 0 Å². The highest BCUT2D eigenvalue weighted by molar-refractivity contribution is 5.24. The third-order valence-electron chi connectivity index (χ3n) is 3.16. The fraction of sp³-hybridized carbons (Fsp3) is 0.615. The van der Waals surface area contributed by atoms with Crippen molar-refractivity contribution < 1.29 is 0 Å². The molecule has 1 atom stereocenters. The van der Waals surface area contributed by atoms with Gasteiger partial charge in [-0.05, 0) is 39.2 Å². The van der Waals surface area contributed by atoms with E-state index in [2.05, 4.69) is 36.2 Å². The molecule has 1 aromatic heterocycles. The molecular formula is C13H22N4. The Balaban J connectivity index is 2.61. The Morgan fingerprint density at radius 1 is 1.47 bits per heavy atom. The lowest BCUT2D eigenvalue weighted by molar-refractivity contribution is 0.503. The molecule has 1 unspecified atom stereocenters. The van der Waals surface area contributed by atoms with Gasteiger partial charge < -0.3 is 0 Å². The van der Waals surface area contributed by atoms with Gasteiger partial charge in [0.05, 0.1) is 5.69 Å². The van der Waals surface area contributed by atoms with Crippen LogP contribution in [0, 0.1) is 25.7 Å². The smallest absolute Gasteiger partial charge is 0.0628 e. The van der Waals surface area contributed by atoms with Gasteiger partial charge >= 0.3 is 0 Å². The molecule has 0 saturated carbocycles. The highest BCUT2D eigenvalue weighted by Gasteiger charge is 2.12. The van der Waals surface area contributed by atoms with Crippen molar-refractivity contribution in [1.82, 2.24) is 15.2 Å². The lowest BCUT2D eigenvalue weighted by atomic mass is 10.0. The van der Waals surface area contributed by atoms with Gasteiger partial charge in [-0.25, -0.2) is 0 Å². The standard InChI is InChI=1S/C13H22N4/c1-5-6-7-12(15-14)8-9-13-10(2)16-17(4)11(13)3/h12,15H,7-9,14H2,1-4H3. The summed E-state index contributed by atoms with van der Waals surface area (Å²) in [5.41, 5.74) is 6.50. The van der Waals surface area contributed by atoms with Crippen molar-refractivity contribution >= 4 is 0 Å². The Morgan fingerprint density at radius 3 is 2.65 bits per heavy atom. The molecule has 0 spiro atoms. The molecule has 4 heteroatoms. The number of rotatable bonds is 5. The van der Waals surface area contributed by atoms with E-state index in [0.717, 1.165) is 25.0 Å². The molecule has 1 aromatic rings. The van der Waals surface area contributed by atoms with Crippen LogP contribution in [-0.2, 0) is 13.5 Å². The first-order valence-corrected chi connectivity index (χ1v) is 5.95. The third kappa shape index (κ3) is 3.58. The summed E-state index contributed by atoms with van der Waals surface area (Å²) in [6, 6.07) is 0.251. The van der Waals surface area contributed by atoms with Crippen LogP contribution in [0.25, 0.3) is 0 Å². The van der Waals surface area contributed by atoms with Gasteiger partial charge in [-0.15, -0.1) is 11.8 Å². The maximum atomic E-state index is 5.52. The maximum Gasteiger partial charge on any atom is 0.0628 e. The molecule has 0 aliphatic rings. The number of aryl methyl sites for hydroxylation is 2.